The highest BCUT2D eigenvalue weighted by Gasteiger charge is 2.36. The summed E-state index contributed by atoms with van der Waals surface area (Å²) in [6.07, 6.45) is 7.85. The Hall–Kier alpha value is -0.450. The maximum atomic E-state index is 3.33. The fraction of sp³-hybridized carbons (Fsp3) is 0.929. The number of hydrogen-bond acceptors (Lipinski definition) is 3. The van der Waals surface area contributed by atoms with Crippen LogP contribution in [-0.4, -0.2) is 73.2 Å². The van der Waals surface area contributed by atoms with Crippen LogP contribution in [0.1, 0.15) is 32.6 Å². The van der Waals surface area contributed by atoms with Crippen LogP contribution in [0.15, 0.2) is 0 Å². The molecule has 1 aliphatic carbocycles. The lowest BCUT2D eigenvalue weighted by molar-refractivity contribution is -0.504. The van der Waals surface area contributed by atoms with Crippen molar-refractivity contribution in [2.75, 3.05) is 40.5 Å². The van der Waals surface area contributed by atoms with E-state index in [9.17, 15) is 0 Å². The van der Waals surface area contributed by atoms with Crippen molar-refractivity contribution in [2.24, 2.45) is 0 Å². The van der Waals surface area contributed by atoms with Crippen molar-refractivity contribution in [1.82, 2.24) is 15.1 Å². The van der Waals surface area contributed by atoms with Crippen LogP contribution in [0.4, 0.5) is 0 Å². The Morgan fingerprint density at radius 1 is 1.39 bits per heavy atom. The van der Waals surface area contributed by atoms with Crippen LogP contribution in [0.2, 0.25) is 0 Å². The Morgan fingerprint density at radius 2 is 2.17 bits per heavy atom. The van der Waals surface area contributed by atoms with Gasteiger partial charge in [-0.2, -0.15) is 0 Å². The molecule has 1 aliphatic heterocycles. The van der Waals surface area contributed by atoms with Gasteiger partial charge in [-0.1, -0.05) is 19.8 Å². The van der Waals surface area contributed by atoms with Crippen molar-refractivity contribution in [3.05, 3.63) is 0 Å². The van der Waals surface area contributed by atoms with Gasteiger partial charge in [-0.3, -0.25) is 4.90 Å². The van der Waals surface area contributed by atoms with Gasteiger partial charge in [-0.05, 0) is 26.4 Å². The Kier molecular flexibility index (Phi) is 5.15. The van der Waals surface area contributed by atoms with Crippen molar-refractivity contribution in [1.29, 1.82) is 0 Å². The van der Waals surface area contributed by atoms with Crippen LogP contribution in [0.3, 0.4) is 0 Å². The zero-order valence-electron chi connectivity index (χ0n) is 12.2. The van der Waals surface area contributed by atoms with E-state index in [1.54, 1.807) is 0 Å². The zero-order valence-corrected chi connectivity index (χ0v) is 12.2. The van der Waals surface area contributed by atoms with Crippen molar-refractivity contribution in [2.45, 2.75) is 44.7 Å². The normalized spacial score (nSPS) is 29.9. The first-order valence-corrected chi connectivity index (χ1v) is 7.42. The number of hydrogen-bond donors (Lipinski definition) is 1. The third-order valence-electron chi connectivity index (χ3n) is 4.43. The Bertz CT molecular complexity index is 280. The molecule has 1 N–H and O–H groups in total. The van der Waals surface area contributed by atoms with Gasteiger partial charge in [0.05, 0.1) is 6.54 Å². The summed E-state index contributed by atoms with van der Waals surface area (Å²) < 4.78 is 2.32. The second-order valence-corrected chi connectivity index (χ2v) is 5.69. The number of rotatable bonds is 5. The van der Waals surface area contributed by atoms with E-state index in [0.29, 0.717) is 0 Å². The van der Waals surface area contributed by atoms with Gasteiger partial charge in [0.1, 0.15) is 7.05 Å². The molecule has 0 aromatic heterocycles. The molecule has 2 unspecified atom stereocenters. The van der Waals surface area contributed by atoms with Crippen molar-refractivity contribution >= 4 is 6.21 Å². The summed E-state index contributed by atoms with van der Waals surface area (Å²) in [5.74, 6) is 0. The van der Waals surface area contributed by atoms with E-state index in [-0.39, 0.29) is 0 Å². The molecule has 4 heteroatoms. The molecular formula is C14H29N4+. The smallest absolute Gasteiger partial charge is 0.199 e. The van der Waals surface area contributed by atoms with E-state index in [2.05, 4.69) is 46.9 Å². The molecule has 18 heavy (non-hydrogen) atoms. The monoisotopic (exact) mass is 253 g/mol. The topological polar surface area (TPSA) is 21.5 Å². The lowest BCUT2D eigenvalue weighted by Crippen LogP contribution is -2.54. The SMILES string of the molecule is CCN(CNC)C1CCCCC1N1CC=[N+](C)C1. The lowest BCUT2D eigenvalue weighted by Gasteiger charge is -2.42. The molecule has 1 heterocycles. The summed E-state index contributed by atoms with van der Waals surface area (Å²) in [5, 5.41) is 3.33. The van der Waals surface area contributed by atoms with Crippen molar-refractivity contribution in [3.63, 3.8) is 0 Å². The third-order valence-corrected chi connectivity index (χ3v) is 4.43. The first kappa shape index (κ1) is 14.0. The van der Waals surface area contributed by atoms with E-state index >= 15 is 0 Å². The van der Waals surface area contributed by atoms with Crippen LogP contribution in [0.25, 0.3) is 0 Å². The summed E-state index contributed by atoms with van der Waals surface area (Å²) in [7, 11) is 4.24. The van der Waals surface area contributed by atoms with Crippen molar-refractivity contribution in [3.8, 4) is 0 Å². The Labute approximate surface area is 112 Å². The molecule has 1 saturated carbocycles. The van der Waals surface area contributed by atoms with Gasteiger partial charge in [0.15, 0.2) is 12.9 Å². The van der Waals surface area contributed by atoms with Gasteiger partial charge in [0.25, 0.3) is 0 Å². The largest absolute Gasteiger partial charge is 0.307 e. The molecule has 0 bridgehead atoms. The van der Waals surface area contributed by atoms with Crippen LogP contribution >= 0.6 is 0 Å². The molecule has 0 aromatic carbocycles. The molecule has 4 nitrogen and oxygen atoms in total. The summed E-state index contributed by atoms with van der Waals surface area (Å²) in [6, 6.07) is 1.48. The minimum Gasteiger partial charge on any atom is -0.307 e. The molecule has 104 valence electrons. The van der Waals surface area contributed by atoms with Crippen LogP contribution < -0.4 is 5.32 Å². The second kappa shape index (κ2) is 6.64. The number of nitrogens with one attached hydrogen (secondary N) is 1. The van der Waals surface area contributed by atoms with Crippen molar-refractivity contribution < 1.29 is 4.58 Å². The molecule has 2 aliphatic rings. The highest BCUT2D eigenvalue weighted by Crippen LogP contribution is 2.27. The van der Waals surface area contributed by atoms with E-state index < -0.39 is 0 Å². The van der Waals surface area contributed by atoms with Crippen LogP contribution in [0.5, 0.6) is 0 Å². The van der Waals surface area contributed by atoms with Gasteiger partial charge in [0.2, 0.25) is 0 Å². The van der Waals surface area contributed by atoms with Gasteiger partial charge in [0, 0.05) is 18.8 Å². The first-order valence-electron chi connectivity index (χ1n) is 7.42. The zero-order chi connectivity index (χ0) is 13.0. The van der Waals surface area contributed by atoms with E-state index in [0.717, 1.165) is 38.5 Å². The maximum Gasteiger partial charge on any atom is 0.199 e. The number of nitrogens with zero attached hydrogens (tertiary/aromatic N) is 3. The first-order chi connectivity index (χ1) is 8.76. The molecule has 0 aromatic rings. The number of likely N-dealkylation sites (N-methyl/N-ethyl adjacent to an activating group) is 1. The predicted molar refractivity (Wildman–Crippen MR) is 76.2 cm³/mol. The predicted octanol–water partition coefficient (Wildman–Crippen LogP) is 0.783. The van der Waals surface area contributed by atoms with E-state index in [4.69, 9.17) is 0 Å². The van der Waals surface area contributed by atoms with Gasteiger partial charge >= 0.3 is 0 Å². The average molecular weight is 253 g/mol. The maximum absolute atomic E-state index is 3.33. The van der Waals surface area contributed by atoms with Crippen LogP contribution in [-0.2, 0) is 0 Å². The molecular weight excluding hydrogens is 224 g/mol. The second-order valence-electron chi connectivity index (χ2n) is 5.69. The standard InChI is InChI=1S/C14H29N4/c1-4-17(11-15-2)13-7-5-6-8-14(13)18-10-9-16(3)12-18/h9,13-15H,4-8,10-12H2,1-3H3/q+1. The molecule has 2 rings (SSSR count). The van der Waals surface area contributed by atoms with E-state index in [1.165, 1.54) is 25.7 Å². The molecule has 0 saturated heterocycles. The highest BCUT2D eigenvalue weighted by molar-refractivity contribution is 5.55. The minimum atomic E-state index is 0.732. The summed E-state index contributed by atoms with van der Waals surface area (Å²) in [4.78, 5) is 5.27. The fourth-order valence-electron chi connectivity index (χ4n) is 3.50. The highest BCUT2D eigenvalue weighted by atomic mass is 15.3. The summed E-state index contributed by atoms with van der Waals surface area (Å²) in [6.45, 7) is 6.69. The summed E-state index contributed by atoms with van der Waals surface area (Å²) in [5.41, 5.74) is 0. The van der Waals surface area contributed by atoms with Gasteiger partial charge in [-0.25, -0.2) is 9.48 Å². The Balaban J connectivity index is 2.01. The molecule has 0 radical (unpaired) electrons. The molecule has 0 spiro atoms. The van der Waals surface area contributed by atoms with Gasteiger partial charge in [-0.15, -0.1) is 0 Å². The summed E-state index contributed by atoms with van der Waals surface area (Å²) >= 11 is 0. The average Bonchev–Trinajstić information content (AvgIpc) is 2.82. The van der Waals surface area contributed by atoms with Crippen LogP contribution in [0, 0.1) is 0 Å². The molecule has 0 amide bonds. The fourth-order valence-corrected chi connectivity index (χ4v) is 3.50. The molecule has 1 fully saturated rings. The quantitative estimate of drug-likeness (QED) is 0.578. The minimum absolute atomic E-state index is 0.732. The van der Waals surface area contributed by atoms with Gasteiger partial charge < -0.3 is 5.32 Å². The van der Waals surface area contributed by atoms with E-state index in [1.807, 2.05) is 0 Å². The Morgan fingerprint density at radius 3 is 2.78 bits per heavy atom. The lowest BCUT2D eigenvalue weighted by atomic mass is 9.88. The third kappa shape index (κ3) is 3.11. The molecule has 2 atom stereocenters.